The van der Waals surface area contributed by atoms with Crippen LogP contribution in [0.25, 0.3) is 0 Å². The second kappa shape index (κ2) is 13.7. The maximum atomic E-state index is 9.85. The Hall–Kier alpha value is -0.374. The zero-order chi connectivity index (χ0) is 13.1. The predicted molar refractivity (Wildman–Crippen MR) is 57.9 cm³/mol. The number of carbonyl (C=O) groups is 2. The van der Waals surface area contributed by atoms with Gasteiger partial charge in [-0.3, -0.25) is 0 Å². The SMILES string of the molecule is CCOC(C)C(=O)[O-].CCOC(C)C(=O)[O-].[Mg+2]. The maximum Gasteiger partial charge on any atom is 2.00 e. The first-order valence-electron chi connectivity index (χ1n) is 5.01. The van der Waals surface area contributed by atoms with Crippen molar-refractivity contribution in [3.63, 3.8) is 0 Å². The number of hydrogen-bond donors (Lipinski definition) is 0. The van der Waals surface area contributed by atoms with Gasteiger partial charge in [0.05, 0.1) is 24.1 Å². The van der Waals surface area contributed by atoms with Gasteiger partial charge in [0.25, 0.3) is 0 Å². The van der Waals surface area contributed by atoms with E-state index in [1.54, 1.807) is 13.8 Å². The molecule has 0 saturated carbocycles. The predicted octanol–water partition coefficient (Wildman–Crippen LogP) is -2.06. The number of ether oxygens (including phenoxy) is 2. The van der Waals surface area contributed by atoms with Crippen molar-refractivity contribution in [3.8, 4) is 0 Å². The third-order valence-corrected chi connectivity index (χ3v) is 1.50. The van der Waals surface area contributed by atoms with Gasteiger partial charge < -0.3 is 29.3 Å². The molecule has 7 heteroatoms. The molecule has 0 aromatic rings. The van der Waals surface area contributed by atoms with Gasteiger partial charge in [-0.1, -0.05) is 0 Å². The Kier molecular flexibility index (Phi) is 17.6. The molecular formula is C10H18MgO6. The first-order chi connectivity index (χ1) is 7.36. The largest absolute Gasteiger partial charge is 2.00 e. The van der Waals surface area contributed by atoms with Gasteiger partial charge >= 0.3 is 23.1 Å². The van der Waals surface area contributed by atoms with E-state index in [0.29, 0.717) is 13.2 Å². The summed E-state index contributed by atoms with van der Waals surface area (Å²) in [6.07, 6.45) is -1.56. The molecule has 0 fully saturated rings. The van der Waals surface area contributed by atoms with Crippen LogP contribution in [0.3, 0.4) is 0 Å². The summed E-state index contributed by atoms with van der Waals surface area (Å²) < 4.78 is 9.28. The van der Waals surface area contributed by atoms with E-state index in [1.807, 2.05) is 0 Å². The van der Waals surface area contributed by atoms with Crippen molar-refractivity contribution in [1.29, 1.82) is 0 Å². The Morgan fingerprint density at radius 3 is 1.24 bits per heavy atom. The summed E-state index contributed by atoms with van der Waals surface area (Å²) in [5, 5.41) is 19.7. The van der Waals surface area contributed by atoms with E-state index in [9.17, 15) is 19.8 Å². The molecule has 0 spiro atoms. The summed E-state index contributed by atoms with van der Waals surface area (Å²) in [7, 11) is 0. The summed E-state index contributed by atoms with van der Waals surface area (Å²) in [5.41, 5.74) is 0. The number of hydrogen-bond acceptors (Lipinski definition) is 6. The van der Waals surface area contributed by atoms with Crippen LogP contribution in [0.1, 0.15) is 27.7 Å². The van der Waals surface area contributed by atoms with Crippen LogP contribution in [-0.2, 0) is 19.1 Å². The third-order valence-electron chi connectivity index (χ3n) is 1.50. The van der Waals surface area contributed by atoms with E-state index in [0.717, 1.165) is 0 Å². The van der Waals surface area contributed by atoms with E-state index in [1.165, 1.54) is 13.8 Å². The first kappa shape index (κ1) is 21.9. The normalized spacial score (nSPS) is 12.5. The molecule has 96 valence electrons. The van der Waals surface area contributed by atoms with Gasteiger partial charge in [-0.25, -0.2) is 0 Å². The molecule has 0 aliphatic carbocycles. The van der Waals surface area contributed by atoms with Crippen molar-refractivity contribution in [2.24, 2.45) is 0 Å². The summed E-state index contributed by atoms with van der Waals surface area (Å²) in [6.45, 7) is 7.18. The fraction of sp³-hybridized carbons (Fsp3) is 0.800. The number of aliphatic carboxylic acids is 2. The van der Waals surface area contributed by atoms with Crippen LogP contribution in [0.4, 0.5) is 0 Å². The molecule has 0 radical (unpaired) electrons. The molecule has 0 saturated heterocycles. The molecule has 6 nitrogen and oxygen atoms in total. The summed E-state index contributed by atoms with van der Waals surface area (Å²) in [4.78, 5) is 19.7. The van der Waals surface area contributed by atoms with E-state index in [2.05, 4.69) is 9.47 Å². The fourth-order valence-electron chi connectivity index (χ4n) is 0.636. The van der Waals surface area contributed by atoms with Crippen molar-refractivity contribution in [2.75, 3.05) is 13.2 Å². The summed E-state index contributed by atoms with van der Waals surface area (Å²) >= 11 is 0. The van der Waals surface area contributed by atoms with Crippen molar-refractivity contribution < 1.29 is 29.3 Å². The average Bonchev–Trinajstić information content (AvgIpc) is 2.19. The van der Waals surface area contributed by atoms with Gasteiger partial charge in [0.2, 0.25) is 0 Å². The topological polar surface area (TPSA) is 98.7 Å². The van der Waals surface area contributed by atoms with Crippen LogP contribution in [0.15, 0.2) is 0 Å². The molecule has 0 bridgehead atoms. The van der Waals surface area contributed by atoms with Gasteiger partial charge in [0.15, 0.2) is 0 Å². The Bertz CT molecular complexity index is 187. The van der Waals surface area contributed by atoms with Crippen LogP contribution in [0, 0.1) is 0 Å². The first-order valence-corrected chi connectivity index (χ1v) is 5.01. The number of rotatable bonds is 6. The van der Waals surface area contributed by atoms with Crippen molar-refractivity contribution in [1.82, 2.24) is 0 Å². The Balaban J connectivity index is -0.000000218. The smallest absolute Gasteiger partial charge is 0.547 e. The Labute approximate surface area is 117 Å². The zero-order valence-corrected chi connectivity index (χ0v) is 12.1. The number of carboxylic acid groups (broad SMARTS) is 2. The zero-order valence-electron chi connectivity index (χ0n) is 10.7. The second-order valence-electron chi connectivity index (χ2n) is 2.83. The van der Waals surface area contributed by atoms with E-state index in [-0.39, 0.29) is 23.1 Å². The molecule has 2 atom stereocenters. The maximum absolute atomic E-state index is 9.85. The van der Waals surface area contributed by atoms with Crippen molar-refractivity contribution >= 4 is 35.0 Å². The Morgan fingerprint density at radius 2 is 1.18 bits per heavy atom. The minimum atomic E-state index is -1.16. The molecule has 0 rings (SSSR count). The molecule has 17 heavy (non-hydrogen) atoms. The van der Waals surface area contributed by atoms with Crippen LogP contribution in [0.2, 0.25) is 0 Å². The molecular weight excluding hydrogens is 240 g/mol. The average molecular weight is 259 g/mol. The molecule has 0 aliphatic heterocycles. The van der Waals surface area contributed by atoms with Gasteiger partial charge in [-0.2, -0.15) is 0 Å². The molecule has 2 unspecified atom stereocenters. The Morgan fingerprint density at radius 1 is 0.941 bits per heavy atom. The van der Waals surface area contributed by atoms with Crippen LogP contribution in [-0.4, -0.2) is 60.4 Å². The number of carbonyl (C=O) groups excluding carboxylic acids is 2. The van der Waals surface area contributed by atoms with Gasteiger partial charge in [0, 0.05) is 13.2 Å². The second-order valence-corrected chi connectivity index (χ2v) is 2.83. The van der Waals surface area contributed by atoms with Gasteiger partial charge in [-0.05, 0) is 27.7 Å². The van der Waals surface area contributed by atoms with Crippen molar-refractivity contribution in [3.05, 3.63) is 0 Å². The van der Waals surface area contributed by atoms with Gasteiger partial charge in [0.1, 0.15) is 0 Å². The fourth-order valence-corrected chi connectivity index (χ4v) is 0.636. The summed E-state index contributed by atoms with van der Waals surface area (Å²) in [6, 6.07) is 0. The molecule has 0 aromatic heterocycles. The van der Waals surface area contributed by atoms with Gasteiger partial charge in [-0.15, -0.1) is 0 Å². The summed E-state index contributed by atoms with van der Waals surface area (Å²) in [5.74, 6) is -2.32. The quantitative estimate of drug-likeness (QED) is 0.508. The van der Waals surface area contributed by atoms with Crippen LogP contribution >= 0.6 is 0 Å². The molecule has 0 aromatic carbocycles. The standard InChI is InChI=1S/2C5H10O3.Mg/c2*1-3-8-4(2)5(6)7;/h2*4H,3H2,1-2H3,(H,6,7);/q;;+2/p-2. The molecule has 0 amide bonds. The number of carboxylic acids is 2. The van der Waals surface area contributed by atoms with Crippen LogP contribution in [0.5, 0.6) is 0 Å². The van der Waals surface area contributed by atoms with Crippen LogP contribution < -0.4 is 10.2 Å². The molecule has 0 aliphatic rings. The third kappa shape index (κ3) is 15.6. The van der Waals surface area contributed by atoms with E-state index < -0.39 is 24.1 Å². The minimum Gasteiger partial charge on any atom is -0.547 e. The van der Waals surface area contributed by atoms with E-state index >= 15 is 0 Å². The minimum absolute atomic E-state index is 0. The van der Waals surface area contributed by atoms with E-state index in [4.69, 9.17) is 0 Å². The molecule has 0 N–H and O–H groups in total. The van der Waals surface area contributed by atoms with Crippen molar-refractivity contribution in [2.45, 2.75) is 39.9 Å². The molecule has 0 heterocycles. The monoisotopic (exact) mass is 258 g/mol.